The topological polar surface area (TPSA) is 64.6 Å². The minimum Gasteiger partial charge on any atom is -0.496 e. The maximum absolute atomic E-state index is 12.8. The molecule has 0 unspecified atom stereocenters. The van der Waals surface area contributed by atoms with E-state index in [4.69, 9.17) is 4.74 Å². The zero-order valence-corrected chi connectivity index (χ0v) is 17.7. The first-order valence-corrected chi connectivity index (χ1v) is 9.95. The number of benzene rings is 3. The van der Waals surface area contributed by atoms with Crippen molar-refractivity contribution in [2.24, 2.45) is 0 Å². The molecule has 0 atom stereocenters. The zero-order chi connectivity index (χ0) is 23.1. The van der Waals surface area contributed by atoms with E-state index in [9.17, 15) is 18.4 Å². The van der Waals surface area contributed by atoms with Gasteiger partial charge < -0.3 is 14.8 Å². The van der Waals surface area contributed by atoms with Crippen molar-refractivity contribution in [1.82, 2.24) is 0 Å². The van der Waals surface area contributed by atoms with E-state index in [1.54, 1.807) is 24.3 Å². The Labute approximate surface area is 185 Å². The molecule has 0 aliphatic rings. The van der Waals surface area contributed by atoms with Gasteiger partial charge in [-0.25, -0.2) is 0 Å². The molecule has 0 heterocycles. The molecule has 3 rings (SSSR count). The second kappa shape index (κ2) is 10.5. The van der Waals surface area contributed by atoms with Crippen LogP contribution in [0.25, 0.3) is 0 Å². The first kappa shape index (κ1) is 22.9. The maximum atomic E-state index is 12.8. The summed E-state index contributed by atoms with van der Waals surface area (Å²) in [6, 6.07) is 18.8. The van der Waals surface area contributed by atoms with Crippen LogP contribution >= 0.6 is 0 Å². The fourth-order valence-corrected chi connectivity index (χ4v) is 3.34. The number of ether oxygens (including phenoxy) is 2. The number of anilines is 1. The SMILES string of the molecule is COc1ccc(C(C)=O)cc1CC(=O)Nc1ccc(OC(F)F)c(Cc2ccccc2)c1. The molecule has 0 bridgehead atoms. The highest BCUT2D eigenvalue weighted by Crippen LogP contribution is 2.28. The van der Waals surface area contributed by atoms with E-state index in [2.05, 4.69) is 10.1 Å². The Morgan fingerprint density at radius 1 is 0.938 bits per heavy atom. The molecule has 166 valence electrons. The summed E-state index contributed by atoms with van der Waals surface area (Å²) in [5.74, 6) is 0.0972. The van der Waals surface area contributed by atoms with E-state index in [1.165, 1.54) is 26.2 Å². The number of halogens is 2. The third-order valence-corrected chi connectivity index (χ3v) is 4.84. The van der Waals surface area contributed by atoms with Crippen molar-refractivity contribution in [1.29, 1.82) is 0 Å². The second-order valence-electron chi connectivity index (χ2n) is 7.17. The molecule has 32 heavy (non-hydrogen) atoms. The molecule has 0 radical (unpaired) electrons. The summed E-state index contributed by atoms with van der Waals surface area (Å²) in [4.78, 5) is 24.3. The van der Waals surface area contributed by atoms with Crippen LogP contribution in [0.4, 0.5) is 14.5 Å². The van der Waals surface area contributed by atoms with Crippen LogP contribution in [-0.2, 0) is 17.6 Å². The molecule has 1 amide bonds. The fourth-order valence-electron chi connectivity index (χ4n) is 3.34. The van der Waals surface area contributed by atoms with E-state index in [1.807, 2.05) is 30.3 Å². The standard InChI is InChI=1S/C25H23F2NO4/c1-16(29)18-8-10-22(31-2)20(13-18)15-24(30)28-21-9-11-23(32-25(26)27)19(14-21)12-17-6-4-3-5-7-17/h3-11,13-14,25H,12,15H2,1-2H3,(H,28,30). The lowest BCUT2D eigenvalue weighted by Gasteiger charge is -2.14. The van der Waals surface area contributed by atoms with Gasteiger partial charge in [0.1, 0.15) is 11.5 Å². The summed E-state index contributed by atoms with van der Waals surface area (Å²) in [5, 5.41) is 2.77. The van der Waals surface area contributed by atoms with Crippen LogP contribution in [-0.4, -0.2) is 25.4 Å². The highest BCUT2D eigenvalue weighted by molar-refractivity contribution is 5.96. The first-order chi connectivity index (χ1) is 15.4. The second-order valence-corrected chi connectivity index (χ2v) is 7.17. The number of carbonyl (C=O) groups excluding carboxylic acids is 2. The van der Waals surface area contributed by atoms with Gasteiger partial charge in [-0.1, -0.05) is 30.3 Å². The van der Waals surface area contributed by atoms with E-state index in [-0.39, 0.29) is 23.9 Å². The average molecular weight is 439 g/mol. The van der Waals surface area contributed by atoms with Gasteiger partial charge in [0.2, 0.25) is 5.91 Å². The molecule has 0 aliphatic heterocycles. The summed E-state index contributed by atoms with van der Waals surface area (Å²) in [7, 11) is 1.49. The highest BCUT2D eigenvalue weighted by atomic mass is 19.3. The number of Topliss-reactive ketones (excluding diaryl/α,β-unsaturated/α-hetero) is 1. The molecule has 3 aromatic rings. The summed E-state index contributed by atoms with van der Waals surface area (Å²) >= 11 is 0. The Hall–Kier alpha value is -3.74. The predicted molar refractivity (Wildman–Crippen MR) is 118 cm³/mol. The molecule has 0 aromatic heterocycles. The van der Waals surface area contributed by atoms with Gasteiger partial charge in [0.15, 0.2) is 5.78 Å². The van der Waals surface area contributed by atoms with Crippen molar-refractivity contribution in [3.63, 3.8) is 0 Å². The monoisotopic (exact) mass is 439 g/mol. The highest BCUT2D eigenvalue weighted by Gasteiger charge is 2.15. The zero-order valence-electron chi connectivity index (χ0n) is 17.7. The fraction of sp³-hybridized carbons (Fsp3) is 0.200. The molecule has 0 saturated carbocycles. The summed E-state index contributed by atoms with van der Waals surface area (Å²) in [6.07, 6.45) is 0.342. The van der Waals surface area contributed by atoms with Crippen LogP contribution in [0.3, 0.4) is 0 Å². The average Bonchev–Trinajstić information content (AvgIpc) is 2.76. The van der Waals surface area contributed by atoms with Gasteiger partial charge in [0, 0.05) is 28.8 Å². The summed E-state index contributed by atoms with van der Waals surface area (Å²) in [5.41, 5.74) is 2.93. The number of methoxy groups -OCH3 is 1. The number of hydrogen-bond acceptors (Lipinski definition) is 4. The van der Waals surface area contributed by atoms with Gasteiger partial charge in [0.25, 0.3) is 0 Å². The van der Waals surface area contributed by atoms with E-state index >= 15 is 0 Å². The molecule has 1 N–H and O–H groups in total. The molecule has 3 aromatic carbocycles. The van der Waals surface area contributed by atoms with Crippen LogP contribution in [0.1, 0.15) is 34.0 Å². The van der Waals surface area contributed by atoms with Gasteiger partial charge in [-0.3, -0.25) is 9.59 Å². The van der Waals surface area contributed by atoms with Gasteiger partial charge >= 0.3 is 6.61 Å². The lowest BCUT2D eigenvalue weighted by Crippen LogP contribution is -2.16. The predicted octanol–water partition coefficient (Wildman–Crippen LogP) is 5.27. The molecular formula is C25H23F2NO4. The Kier molecular flexibility index (Phi) is 7.54. The minimum atomic E-state index is -2.95. The maximum Gasteiger partial charge on any atom is 0.387 e. The normalized spacial score (nSPS) is 10.7. The summed E-state index contributed by atoms with van der Waals surface area (Å²) in [6.45, 7) is -1.51. The van der Waals surface area contributed by atoms with Gasteiger partial charge in [-0.15, -0.1) is 0 Å². The van der Waals surface area contributed by atoms with Crippen molar-refractivity contribution < 1.29 is 27.8 Å². The largest absolute Gasteiger partial charge is 0.496 e. The molecule has 0 saturated heterocycles. The Morgan fingerprint density at radius 2 is 1.66 bits per heavy atom. The number of rotatable bonds is 9. The number of carbonyl (C=O) groups is 2. The van der Waals surface area contributed by atoms with Crippen LogP contribution in [0.15, 0.2) is 66.7 Å². The van der Waals surface area contributed by atoms with Crippen LogP contribution in [0.2, 0.25) is 0 Å². The molecular weight excluding hydrogens is 416 g/mol. The van der Waals surface area contributed by atoms with E-state index < -0.39 is 6.61 Å². The first-order valence-electron chi connectivity index (χ1n) is 9.95. The third-order valence-electron chi connectivity index (χ3n) is 4.84. The molecule has 0 fully saturated rings. The lowest BCUT2D eigenvalue weighted by molar-refractivity contribution is -0.115. The number of hydrogen-bond donors (Lipinski definition) is 1. The van der Waals surface area contributed by atoms with Crippen molar-refractivity contribution in [2.45, 2.75) is 26.4 Å². The van der Waals surface area contributed by atoms with E-state index in [0.29, 0.717) is 34.5 Å². The van der Waals surface area contributed by atoms with Crippen molar-refractivity contribution in [3.05, 3.63) is 89.0 Å². The summed E-state index contributed by atoms with van der Waals surface area (Å²) < 4.78 is 35.6. The molecule has 5 nitrogen and oxygen atoms in total. The smallest absolute Gasteiger partial charge is 0.387 e. The van der Waals surface area contributed by atoms with Crippen LogP contribution in [0, 0.1) is 0 Å². The Bertz CT molecular complexity index is 1100. The van der Waals surface area contributed by atoms with Gasteiger partial charge in [-0.05, 0) is 48.9 Å². The van der Waals surface area contributed by atoms with Crippen LogP contribution < -0.4 is 14.8 Å². The Balaban J connectivity index is 1.81. The number of amides is 1. The van der Waals surface area contributed by atoms with Crippen molar-refractivity contribution >= 4 is 17.4 Å². The van der Waals surface area contributed by atoms with Gasteiger partial charge in [0.05, 0.1) is 13.5 Å². The lowest BCUT2D eigenvalue weighted by atomic mass is 10.0. The van der Waals surface area contributed by atoms with Crippen molar-refractivity contribution in [3.8, 4) is 11.5 Å². The quantitative estimate of drug-likeness (QED) is 0.461. The third kappa shape index (κ3) is 6.14. The van der Waals surface area contributed by atoms with Crippen molar-refractivity contribution in [2.75, 3.05) is 12.4 Å². The van der Waals surface area contributed by atoms with Gasteiger partial charge in [-0.2, -0.15) is 8.78 Å². The molecule has 0 aliphatic carbocycles. The molecule has 7 heteroatoms. The number of ketones is 1. The number of alkyl halides is 2. The Morgan fingerprint density at radius 3 is 2.31 bits per heavy atom. The number of nitrogens with one attached hydrogen (secondary N) is 1. The molecule has 0 spiro atoms. The van der Waals surface area contributed by atoms with E-state index in [0.717, 1.165) is 5.56 Å². The minimum absolute atomic E-state index is 0.0202. The van der Waals surface area contributed by atoms with Crippen LogP contribution in [0.5, 0.6) is 11.5 Å².